The van der Waals surface area contributed by atoms with Gasteiger partial charge in [0.1, 0.15) is 17.3 Å². The van der Waals surface area contributed by atoms with Crippen LogP contribution in [0.3, 0.4) is 0 Å². The summed E-state index contributed by atoms with van der Waals surface area (Å²) in [5.74, 6) is 1.91. The first-order valence-electron chi connectivity index (χ1n) is 9.91. The Morgan fingerprint density at radius 2 is 1.77 bits per heavy atom. The zero-order valence-electron chi connectivity index (χ0n) is 16.8. The van der Waals surface area contributed by atoms with Crippen LogP contribution in [-0.4, -0.2) is 42.3 Å². The summed E-state index contributed by atoms with van der Waals surface area (Å²) in [7, 11) is 0. The Bertz CT molecular complexity index is 1040. The molecule has 0 unspecified atom stereocenters. The molecule has 0 radical (unpaired) electrons. The summed E-state index contributed by atoms with van der Waals surface area (Å²) in [5.41, 5.74) is 1.14. The van der Waals surface area contributed by atoms with Gasteiger partial charge in [0.2, 0.25) is 0 Å². The van der Waals surface area contributed by atoms with Gasteiger partial charge in [-0.2, -0.15) is 0 Å². The van der Waals surface area contributed by atoms with Crippen LogP contribution in [0.15, 0.2) is 72.9 Å². The van der Waals surface area contributed by atoms with Crippen LogP contribution in [0.1, 0.15) is 10.4 Å². The minimum absolute atomic E-state index is 0.194. The van der Waals surface area contributed by atoms with Crippen LogP contribution < -0.4 is 20.3 Å². The van der Waals surface area contributed by atoms with Crippen LogP contribution in [0.2, 0.25) is 0 Å². The normalized spacial score (nSPS) is 13.4. The Morgan fingerprint density at radius 1 is 1.00 bits per heavy atom. The average Bonchev–Trinajstić information content (AvgIpc) is 2.80. The van der Waals surface area contributed by atoms with Crippen molar-refractivity contribution < 1.29 is 14.3 Å². The van der Waals surface area contributed by atoms with E-state index in [0.717, 1.165) is 24.7 Å². The molecule has 0 atom stereocenters. The molecule has 2 aromatic carbocycles. The number of anilines is 2. The van der Waals surface area contributed by atoms with Crippen LogP contribution in [0, 0.1) is 0 Å². The van der Waals surface area contributed by atoms with Gasteiger partial charge in [0, 0.05) is 31.0 Å². The Balaban J connectivity index is 1.33. The third-order valence-electron chi connectivity index (χ3n) is 4.64. The predicted octanol–water partition coefficient (Wildman–Crippen LogP) is 3.84. The molecule has 2 heterocycles. The van der Waals surface area contributed by atoms with Crippen molar-refractivity contribution in [3.8, 4) is 11.5 Å². The maximum atomic E-state index is 12.5. The Kier molecular flexibility index (Phi) is 6.71. The molecule has 0 aliphatic carbocycles. The van der Waals surface area contributed by atoms with E-state index in [0.29, 0.717) is 30.2 Å². The molecular weight excluding hydrogens is 412 g/mol. The number of benzene rings is 2. The van der Waals surface area contributed by atoms with Crippen LogP contribution in [0.25, 0.3) is 0 Å². The van der Waals surface area contributed by atoms with Crippen molar-refractivity contribution in [2.24, 2.45) is 0 Å². The van der Waals surface area contributed by atoms with Gasteiger partial charge in [-0.3, -0.25) is 10.1 Å². The summed E-state index contributed by atoms with van der Waals surface area (Å²) in [4.78, 5) is 19.0. The standard InChI is InChI=1S/C23H22N4O3S/c28-22(17-9-10-21(24-16-17)27-11-13-29-14-12-27)26-23(31)25-18-5-4-8-20(15-18)30-19-6-2-1-3-7-19/h1-10,15-16H,11-14H2,(H2,25,26,28,31). The van der Waals surface area contributed by atoms with E-state index in [9.17, 15) is 4.79 Å². The highest BCUT2D eigenvalue weighted by molar-refractivity contribution is 7.80. The quantitative estimate of drug-likeness (QED) is 0.591. The molecule has 3 aromatic rings. The molecule has 0 saturated carbocycles. The smallest absolute Gasteiger partial charge is 0.258 e. The Morgan fingerprint density at radius 3 is 2.52 bits per heavy atom. The third-order valence-corrected chi connectivity index (χ3v) is 4.85. The fourth-order valence-electron chi connectivity index (χ4n) is 3.10. The van der Waals surface area contributed by atoms with Crippen molar-refractivity contribution in [2.45, 2.75) is 0 Å². The summed E-state index contributed by atoms with van der Waals surface area (Å²) in [6.45, 7) is 2.95. The highest BCUT2D eigenvalue weighted by Crippen LogP contribution is 2.23. The molecule has 0 spiro atoms. The summed E-state index contributed by atoms with van der Waals surface area (Å²) < 4.78 is 11.2. The first-order chi connectivity index (χ1) is 15.2. The van der Waals surface area contributed by atoms with Crippen molar-refractivity contribution in [2.75, 3.05) is 36.5 Å². The molecule has 2 N–H and O–H groups in total. The Labute approximate surface area is 186 Å². The minimum Gasteiger partial charge on any atom is -0.457 e. The molecule has 31 heavy (non-hydrogen) atoms. The third kappa shape index (κ3) is 5.78. The lowest BCUT2D eigenvalue weighted by Gasteiger charge is -2.27. The van der Waals surface area contributed by atoms with Gasteiger partial charge < -0.3 is 19.7 Å². The summed E-state index contributed by atoms with van der Waals surface area (Å²) in [5, 5.41) is 5.88. The maximum Gasteiger partial charge on any atom is 0.258 e. The number of para-hydroxylation sites is 1. The van der Waals surface area contributed by atoms with Gasteiger partial charge in [0.15, 0.2) is 5.11 Å². The maximum absolute atomic E-state index is 12.5. The van der Waals surface area contributed by atoms with Gasteiger partial charge in [-0.05, 0) is 48.6 Å². The summed E-state index contributed by atoms with van der Waals surface area (Å²) in [6.07, 6.45) is 1.55. The number of pyridine rings is 1. The lowest BCUT2D eigenvalue weighted by molar-refractivity contribution is 0.0977. The molecule has 0 bridgehead atoms. The zero-order chi connectivity index (χ0) is 21.5. The molecule has 1 amide bonds. The average molecular weight is 435 g/mol. The van der Waals surface area contributed by atoms with Crippen molar-refractivity contribution in [3.05, 3.63) is 78.5 Å². The molecule has 1 aliphatic rings. The van der Waals surface area contributed by atoms with E-state index < -0.39 is 0 Å². The number of nitrogens with one attached hydrogen (secondary N) is 2. The minimum atomic E-state index is -0.324. The molecule has 1 saturated heterocycles. The van der Waals surface area contributed by atoms with E-state index in [4.69, 9.17) is 21.7 Å². The van der Waals surface area contributed by atoms with Crippen molar-refractivity contribution in [3.63, 3.8) is 0 Å². The van der Waals surface area contributed by atoms with Gasteiger partial charge in [0.25, 0.3) is 5.91 Å². The fourth-order valence-corrected chi connectivity index (χ4v) is 3.31. The molecule has 1 aromatic heterocycles. The SMILES string of the molecule is O=C(NC(=S)Nc1cccc(Oc2ccccc2)c1)c1ccc(N2CCOCC2)nc1. The van der Waals surface area contributed by atoms with Gasteiger partial charge in [-0.15, -0.1) is 0 Å². The molecular formula is C23H22N4O3S. The molecule has 158 valence electrons. The number of morpholine rings is 1. The summed E-state index contributed by atoms with van der Waals surface area (Å²) >= 11 is 5.29. The molecule has 8 heteroatoms. The first-order valence-corrected chi connectivity index (χ1v) is 10.3. The van der Waals surface area contributed by atoms with Crippen molar-refractivity contribution >= 4 is 34.7 Å². The number of carbonyl (C=O) groups is 1. The molecule has 1 aliphatic heterocycles. The van der Waals surface area contributed by atoms with E-state index >= 15 is 0 Å². The number of carbonyl (C=O) groups excluding carboxylic acids is 1. The number of hydrogen-bond donors (Lipinski definition) is 2. The first kappa shape index (κ1) is 20.8. The van der Waals surface area contributed by atoms with Gasteiger partial charge in [-0.25, -0.2) is 4.98 Å². The zero-order valence-corrected chi connectivity index (χ0v) is 17.6. The number of amides is 1. The van der Waals surface area contributed by atoms with E-state index in [1.807, 2.05) is 60.7 Å². The topological polar surface area (TPSA) is 75.7 Å². The van der Waals surface area contributed by atoms with E-state index in [2.05, 4.69) is 20.5 Å². The predicted molar refractivity (Wildman–Crippen MR) is 124 cm³/mol. The van der Waals surface area contributed by atoms with E-state index in [1.54, 1.807) is 12.3 Å². The molecule has 7 nitrogen and oxygen atoms in total. The Hall–Kier alpha value is -3.49. The van der Waals surface area contributed by atoms with Gasteiger partial charge >= 0.3 is 0 Å². The summed E-state index contributed by atoms with van der Waals surface area (Å²) in [6, 6.07) is 20.4. The molecule has 1 fully saturated rings. The second kappa shape index (κ2) is 10.0. The second-order valence-electron chi connectivity index (χ2n) is 6.86. The van der Waals surface area contributed by atoms with Crippen molar-refractivity contribution in [1.29, 1.82) is 0 Å². The number of nitrogens with zero attached hydrogens (tertiary/aromatic N) is 2. The largest absolute Gasteiger partial charge is 0.457 e. The highest BCUT2D eigenvalue weighted by Gasteiger charge is 2.14. The second-order valence-corrected chi connectivity index (χ2v) is 7.26. The lowest BCUT2D eigenvalue weighted by atomic mass is 10.2. The van der Waals surface area contributed by atoms with Crippen LogP contribution in [0.4, 0.5) is 11.5 Å². The monoisotopic (exact) mass is 434 g/mol. The number of hydrogen-bond acceptors (Lipinski definition) is 6. The van der Waals surface area contributed by atoms with Crippen LogP contribution >= 0.6 is 12.2 Å². The van der Waals surface area contributed by atoms with Crippen LogP contribution in [-0.2, 0) is 4.74 Å². The molecule has 4 rings (SSSR count). The van der Waals surface area contributed by atoms with E-state index in [-0.39, 0.29) is 11.0 Å². The fraction of sp³-hybridized carbons (Fsp3) is 0.174. The lowest BCUT2D eigenvalue weighted by Crippen LogP contribution is -2.37. The van der Waals surface area contributed by atoms with Crippen LogP contribution in [0.5, 0.6) is 11.5 Å². The van der Waals surface area contributed by atoms with Gasteiger partial charge in [-0.1, -0.05) is 24.3 Å². The number of rotatable bonds is 5. The van der Waals surface area contributed by atoms with E-state index in [1.165, 1.54) is 0 Å². The number of thiocarbonyl (C=S) groups is 1. The number of aromatic nitrogens is 1. The highest BCUT2D eigenvalue weighted by atomic mass is 32.1. The van der Waals surface area contributed by atoms with Gasteiger partial charge in [0.05, 0.1) is 18.8 Å². The number of ether oxygens (including phenoxy) is 2. The van der Waals surface area contributed by atoms with Crippen molar-refractivity contribution in [1.82, 2.24) is 10.3 Å².